The number of imidazole rings is 1. The Hall–Kier alpha value is -3.95. The Morgan fingerprint density at radius 1 is 1.11 bits per heavy atom. The lowest BCUT2D eigenvalue weighted by atomic mass is 10.1. The molecule has 188 valence electrons. The number of nitro groups is 1. The summed E-state index contributed by atoms with van der Waals surface area (Å²) in [5.74, 6) is 0.799. The monoisotopic (exact) mass is 535 g/mol. The average Bonchev–Trinajstić information content (AvgIpc) is 3.34. The lowest BCUT2D eigenvalue weighted by molar-refractivity contribution is -0.384. The molecule has 0 spiro atoms. The van der Waals surface area contributed by atoms with E-state index in [1.165, 1.54) is 23.5 Å². The molecule has 0 atom stereocenters. The van der Waals surface area contributed by atoms with Crippen LogP contribution < -0.4 is 19.6 Å². The molecule has 0 saturated heterocycles. The van der Waals surface area contributed by atoms with Gasteiger partial charge in [-0.15, -0.1) is 0 Å². The number of aryl methyl sites for hydroxylation is 2. The molecule has 0 radical (unpaired) electrons. The van der Waals surface area contributed by atoms with Crippen molar-refractivity contribution < 1.29 is 14.4 Å². The van der Waals surface area contributed by atoms with Crippen LogP contribution in [0.15, 0.2) is 53.3 Å². The van der Waals surface area contributed by atoms with Crippen LogP contribution in [-0.2, 0) is 6.61 Å². The maximum absolute atomic E-state index is 13.3. The standard InChI is InChI=1S/C27H22ClN3O5S/c1-4-35-23-12-18(11-20(28)25(23)36-14-17-5-7-19(8-6-17)31(33)34)13-24-26(32)30-22-10-16(3)15(2)9-21(22)29-27(30)37-24/h5-13H,4,14H2,1-3H3/b24-13-. The Morgan fingerprint density at radius 2 is 1.84 bits per heavy atom. The van der Waals surface area contributed by atoms with E-state index in [0.29, 0.717) is 38.2 Å². The van der Waals surface area contributed by atoms with Crippen LogP contribution in [0.4, 0.5) is 5.69 Å². The van der Waals surface area contributed by atoms with Gasteiger partial charge in [-0.25, -0.2) is 9.38 Å². The van der Waals surface area contributed by atoms with E-state index in [1.807, 2.05) is 32.9 Å². The highest BCUT2D eigenvalue weighted by molar-refractivity contribution is 7.15. The number of rotatable bonds is 7. The van der Waals surface area contributed by atoms with E-state index in [1.54, 1.807) is 34.7 Å². The quantitative estimate of drug-likeness (QED) is 0.198. The third-order valence-electron chi connectivity index (χ3n) is 6.01. The zero-order chi connectivity index (χ0) is 26.3. The van der Waals surface area contributed by atoms with E-state index in [9.17, 15) is 14.9 Å². The third-order valence-corrected chi connectivity index (χ3v) is 7.26. The van der Waals surface area contributed by atoms with E-state index < -0.39 is 4.92 Å². The topological polar surface area (TPSA) is 96.0 Å². The molecule has 10 heteroatoms. The van der Waals surface area contributed by atoms with Crippen molar-refractivity contribution >= 4 is 50.7 Å². The lowest BCUT2D eigenvalue weighted by Gasteiger charge is -2.14. The lowest BCUT2D eigenvalue weighted by Crippen LogP contribution is -2.22. The van der Waals surface area contributed by atoms with Gasteiger partial charge in [-0.3, -0.25) is 14.9 Å². The van der Waals surface area contributed by atoms with Gasteiger partial charge in [0.15, 0.2) is 16.5 Å². The van der Waals surface area contributed by atoms with Crippen LogP contribution >= 0.6 is 22.9 Å². The van der Waals surface area contributed by atoms with Crippen LogP contribution in [0.3, 0.4) is 0 Å². The second-order valence-corrected chi connectivity index (χ2v) is 9.96. The molecule has 2 heterocycles. The molecule has 3 aromatic carbocycles. The number of nitrogens with zero attached hydrogens (tertiary/aromatic N) is 3. The second kappa shape index (κ2) is 9.84. The number of benzene rings is 3. The zero-order valence-corrected chi connectivity index (χ0v) is 21.9. The molecule has 0 saturated carbocycles. The molecule has 0 fully saturated rings. The number of nitro benzene ring substituents is 1. The van der Waals surface area contributed by atoms with Crippen molar-refractivity contribution in [2.75, 3.05) is 6.61 Å². The summed E-state index contributed by atoms with van der Waals surface area (Å²) in [7, 11) is 0. The van der Waals surface area contributed by atoms with Gasteiger partial charge in [-0.05, 0) is 85.5 Å². The Bertz CT molecular complexity index is 1780. The Labute approximate surface area is 220 Å². The fourth-order valence-electron chi connectivity index (χ4n) is 4.01. The molecule has 5 rings (SSSR count). The predicted molar refractivity (Wildman–Crippen MR) is 145 cm³/mol. The highest BCUT2D eigenvalue weighted by Gasteiger charge is 2.15. The molecule has 0 aliphatic heterocycles. The van der Waals surface area contributed by atoms with Crippen LogP contribution in [0.1, 0.15) is 29.2 Å². The molecule has 0 amide bonds. The summed E-state index contributed by atoms with van der Waals surface area (Å²) < 4.78 is 13.9. The first-order valence-corrected chi connectivity index (χ1v) is 12.7. The van der Waals surface area contributed by atoms with Crippen LogP contribution in [0.5, 0.6) is 11.5 Å². The third kappa shape index (κ3) is 4.75. The van der Waals surface area contributed by atoms with Gasteiger partial charge < -0.3 is 9.47 Å². The zero-order valence-electron chi connectivity index (χ0n) is 20.3. The van der Waals surface area contributed by atoms with Crippen molar-refractivity contribution in [3.05, 3.63) is 101 Å². The van der Waals surface area contributed by atoms with Gasteiger partial charge in [0, 0.05) is 12.1 Å². The predicted octanol–water partition coefficient (Wildman–Crippen LogP) is 5.61. The molecule has 0 bridgehead atoms. The summed E-state index contributed by atoms with van der Waals surface area (Å²) in [5, 5.41) is 11.2. The van der Waals surface area contributed by atoms with Crippen LogP contribution in [0.25, 0.3) is 22.1 Å². The molecule has 0 aliphatic rings. The van der Waals surface area contributed by atoms with Crippen molar-refractivity contribution in [3.63, 3.8) is 0 Å². The summed E-state index contributed by atoms with van der Waals surface area (Å²) in [6.45, 7) is 6.43. The van der Waals surface area contributed by atoms with Crippen molar-refractivity contribution in [1.82, 2.24) is 9.38 Å². The first-order chi connectivity index (χ1) is 17.7. The van der Waals surface area contributed by atoms with Crippen molar-refractivity contribution in [2.45, 2.75) is 27.4 Å². The van der Waals surface area contributed by atoms with E-state index in [2.05, 4.69) is 4.98 Å². The van der Waals surface area contributed by atoms with Gasteiger partial charge in [0.1, 0.15) is 6.61 Å². The van der Waals surface area contributed by atoms with Gasteiger partial charge >= 0.3 is 0 Å². The number of ether oxygens (including phenoxy) is 2. The van der Waals surface area contributed by atoms with E-state index in [-0.39, 0.29) is 17.9 Å². The Balaban J connectivity index is 1.49. The highest BCUT2D eigenvalue weighted by atomic mass is 35.5. The number of halogens is 1. The fourth-order valence-corrected chi connectivity index (χ4v) is 5.27. The fraction of sp³-hybridized carbons (Fsp3) is 0.185. The number of aromatic nitrogens is 2. The van der Waals surface area contributed by atoms with Gasteiger partial charge in [0.25, 0.3) is 11.2 Å². The number of thiazole rings is 1. The number of hydrogen-bond acceptors (Lipinski definition) is 7. The molecular weight excluding hydrogens is 514 g/mol. The van der Waals surface area contributed by atoms with Crippen molar-refractivity contribution in [2.24, 2.45) is 0 Å². The summed E-state index contributed by atoms with van der Waals surface area (Å²) in [6.07, 6.45) is 1.77. The molecule has 2 aromatic heterocycles. The molecule has 0 N–H and O–H groups in total. The molecule has 5 aromatic rings. The number of non-ortho nitro benzene ring substituents is 1. The molecular formula is C27H22ClN3O5S. The largest absolute Gasteiger partial charge is 0.490 e. The van der Waals surface area contributed by atoms with Crippen LogP contribution in [-0.4, -0.2) is 20.9 Å². The van der Waals surface area contributed by atoms with Gasteiger partial charge in [-0.2, -0.15) is 0 Å². The summed E-state index contributed by atoms with van der Waals surface area (Å²) in [5.41, 5.74) is 5.13. The normalized spacial score (nSPS) is 11.9. The first-order valence-electron chi connectivity index (χ1n) is 11.5. The van der Waals surface area contributed by atoms with Crippen LogP contribution in [0.2, 0.25) is 5.02 Å². The molecule has 0 unspecified atom stereocenters. The highest BCUT2D eigenvalue weighted by Crippen LogP contribution is 2.37. The van der Waals surface area contributed by atoms with Gasteiger partial charge in [-0.1, -0.05) is 22.9 Å². The second-order valence-electron chi connectivity index (χ2n) is 8.55. The van der Waals surface area contributed by atoms with E-state index >= 15 is 0 Å². The Morgan fingerprint density at radius 3 is 2.54 bits per heavy atom. The van der Waals surface area contributed by atoms with Gasteiger partial charge in [0.05, 0.1) is 32.1 Å². The summed E-state index contributed by atoms with van der Waals surface area (Å²) in [4.78, 5) is 29.0. The van der Waals surface area contributed by atoms with Crippen LogP contribution in [0, 0.1) is 24.0 Å². The minimum absolute atomic E-state index is 0.00803. The number of fused-ring (bicyclic) bond motifs is 3. The minimum Gasteiger partial charge on any atom is -0.490 e. The molecule has 37 heavy (non-hydrogen) atoms. The maximum atomic E-state index is 13.3. The number of hydrogen-bond donors (Lipinski definition) is 0. The first kappa shape index (κ1) is 24.7. The smallest absolute Gasteiger partial charge is 0.274 e. The molecule has 0 aliphatic carbocycles. The summed E-state index contributed by atoms with van der Waals surface area (Å²) >= 11 is 7.89. The average molecular weight is 536 g/mol. The van der Waals surface area contributed by atoms with Crippen molar-refractivity contribution in [1.29, 1.82) is 0 Å². The van der Waals surface area contributed by atoms with Gasteiger partial charge in [0.2, 0.25) is 0 Å². The Kier molecular flexibility index (Phi) is 6.57. The minimum atomic E-state index is -0.452. The van der Waals surface area contributed by atoms with E-state index in [0.717, 1.165) is 27.7 Å². The summed E-state index contributed by atoms with van der Waals surface area (Å²) in [6, 6.07) is 13.6. The van der Waals surface area contributed by atoms with E-state index in [4.69, 9.17) is 21.1 Å². The molecule has 8 nitrogen and oxygen atoms in total. The SMILES string of the molecule is CCOc1cc(/C=c2\sc3nc4cc(C)c(C)cc4n3c2=O)cc(Cl)c1OCc1ccc([N+](=O)[O-])cc1. The van der Waals surface area contributed by atoms with Crippen molar-refractivity contribution in [3.8, 4) is 11.5 Å². The maximum Gasteiger partial charge on any atom is 0.274 e.